The lowest BCUT2D eigenvalue weighted by Crippen LogP contribution is -2.19. The van der Waals surface area contributed by atoms with E-state index >= 15 is 0 Å². The van der Waals surface area contributed by atoms with Crippen molar-refractivity contribution in [1.82, 2.24) is 9.55 Å². The number of para-hydroxylation sites is 1. The van der Waals surface area contributed by atoms with Gasteiger partial charge in [-0.15, -0.1) is 0 Å². The quantitative estimate of drug-likeness (QED) is 0.283. The molecule has 0 saturated carbocycles. The Balaban J connectivity index is 1.52. The summed E-state index contributed by atoms with van der Waals surface area (Å²) >= 11 is 0. The zero-order valence-corrected chi connectivity index (χ0v) is 17.6. The Hall–Kier alpha value is -4.98. The number of carbonyl (C=O) groups is 3. The molecule has 2 aromatic carbocycles. The van der Waals surface area contributed by atoms with Crippen LogP contribution in [0.3, 0.4) is 0 Å². The fourth-order valence-corrected chi connectivity index (χ4v) is 3.63. The largest absolute Gasteiger partial charge is 0.475 e. The van der Waals surface area contributed by atoms with Crippen LogP contribution in [0.2, 0.25) is 0 Å². The number of carbonyl (C=O) groups excluding carboxylic acids is 2. The van der Waals surface area contributed by atoms with E-state index in [4.69, 9.17) is 4.42 Å². The summed E-state index contributed by atoms with van der Waals surface area (Å²) in [7, 11) is 0. The molecule has 0 bridgehead atoms. The number of aliphatic carboxylic acids is 1. The van der Waals surface area contributed by atoms with Crippen LogP contribution in [0.15, 0.2) is 95.9 Å². The van der Waals surface area contributed by atoms with Crippen LogP contribution in [-0.4, -0.2) is 32.3 Å². The first-order chi connectivity index (χ1) is 16.5. The molecule has 0 aliphatic rings. The fraction of sp³-hybridized carbons (Fsp3) is 0. The Bertz CT molecular complexity index is 1520. The smallest absolute Gasteiger partial charge is 0.377 e. The number of rotatable bonds is 6. The van der Waals surface area contributed by atoms with E-state index in [2.05, 4.69) is 10.3 Å². The summed E-state index contributed by atoms with van der Waals surface area (Å²) in [4.78, 5) is 40.8. The van der Waals surface area contributed by atoms with Crippen molar-refractivity contribution in [2.75, 3.05) is 5.32 Å². The van der Waals surface area contributed by atoms with Crippen LogP contribution in [0.4, 0.5) is 5.69 Å². The van der Waals surface area contributed by atoms with Crippen molar-refractivity contribution in [3.05, 3.63) is 103 Å². The van der Waals surface area contributed by atoms with Gasteiger partial charge in [0.25, 0.3) is 11.7 Å². The molecule has 3 aromatic heterocycles. The number of ketones is 1. The van der Waals surface area contributed by atoms with E-state index in [1.807, 2.05) is 54.9 Å². The number of fused-ring (bicyclic) bond motifs is 1. The van der Waals surface area contributed by atoms with Crippen LogP contribution in [0.1, 0.15) is 20.7 Å². The van der Waals surface area contributed by atoms with Crippen molar-refractivity contribution in [1.29, 1.82) is 0 Å². The molecule has 166 valence electrons. The first kappa shape index (κ1) is 20.9. The summed E-state index contributed by atoms with van der Waals surface area (Å²) < 4.78 is 7.67. The van der Waals surface area contributed by atoms with Gasteiger partial charge >= 0.3 is 5.97 Å². The van der Waals surface area contributed by atoms with Crippen molar-refractivity contribution in [2.45, 2.75) is 0 Å². The van der Waals surface area contributed by atoms with Gasteiger partial charge in [0.05, 0.1) is 28.7 Å². The lowest BCUT2D eigenvalue weighted by molar-refractivity contribution is -0.131. The van der Waals surface area contributed by atoms with Gasteiger partial charge in [0, 0.05) is 29.5 Å². The normalized spacial score (nSPS) is 10.8. The molecule has 0 unspecified atom stereocenters. The van der Waals surface area contributed by atoms with E-state index in [9.17, 15) is 19.5 Å². The number of furan rings is 1. The number of carboxylic acid groups (broad SMARTS) is 1. The molecule has 0 aliphatic heterocycles. The highest BCUT2D eigenvalue weighted by Gasteiger charge is 2.22. The van der Waals surface area contributed by atoms with Crippen LogP contribution in [0.25, 0.3) is 28.0 Å². The summed E-state index contributed by atoms with van der Waals surface area (Å²) in [6.07, 6.45) is 6.64. The minimum atomic E-state index is -1.62. The minimum absolute atomic E-state index is 0.0572. The van der Waals surface area contributed by atoms with Gasteiger partial charge in [-0.25, -0.2) is 4.79 Å². The van der Waals surface area contributed by atoms with E-state index in [0.717, 1.165) is 5.39 Å². The zero-order chi connectivity index (χ0) is 23.7. The SMILES string of the molecule is O=C(O)C(=O)c1ccc(-c2cc3ccccc3o2)cc1NC(=O)c1cncc(-n2cccc2)c1. The number of carboxylic acids is 1. The predicted molar refractivity (Wildman–Crippen MR) is 125 cm³/mol. The Kier molecular flexibility index (Phi) is 5.23. The van der Waals surface area contributed by atoms with E-state index in [-0.39, 0.29) is 16.8 Å². The fourth-order valence-electron chi connectivity index (χ4n) is 3.63. The molecule has 8 heteroatoms. The number of aromatic nitrogens is 2. The number of nitrogens with one attached hydrogen (secondary N) is 1. The molecule has 5 aromatic rings. The number of hydrogen-bond donors (Lipinski definition) is 2. The third-order valence-corrected chi connectivity index (χ3v) is 5.31. The Morgan fingerprint density at radius 2 is 1.71 bits per heavy atom. The number of amides is 1. The summed E-state index contributed by atoms with van der Waals surface area (Å²) in [6.45, 7) is 0. The molecule has 34 heavy (non-hydrogen) atoms. The third-order valence-electron chi connectivity index (χ3n) is 5.31. The third kappa shape index (κ3) is 3.95. The average molecular weight is 451 g/mol. The van der Waals surface area contributed by atoms with Crippen molar-refractivity contribution in [3.8, 4) is 17.0 Å². The second kappa shape index (κ2) is 8.51. The van der Waals surface area contributed by atoms with E-state index in [1.165, 1.54) is 18.3 Å². The number of hydrogen-bond acceptors (Lipinski definition) is 5. The molecular formula is C26H17N3O5. The van der Waals surface area contributed by atoms with Crippen molar-refractivity contribution < 1.29 is 23.9 Å². The number of benzene rings is 2. The van der Waals surface area contributed by atoms with Crippen LogP contribution in [-0.2, 0) is 4.79 Å². The molecule has 0 spiro atoms. The highest BCUT2D eigenvalue weighted by Crippen LogP contribution is 2.31. The Morgan fingerprint density at radius 3 is 2.47 bits per heavy atom. The first-order valence-electron chi connectivity index (χ1n) is 10.3. The Morgan fingerprint density at radius 1 is 0.912 bits per heavy atom. The van der Waals surface area contributed by atoms with Crippen LogP contribution in [0, 0.1) is 0 Å². The number of pyridine rings is 1. The molecule has 0 radical (unpaired) electrons. The molecule has 3 heterocycles. The maximum Gasteiger partial charge on any atom is 0.377 e. The minimum Gasteiger partial charge on any atom is -0.475 e. The second-order valence-electron chi connectivity index (χ2n) is 7.52. The summed E-state index contributed by atoms with van der Waals surface area (Å²) in [5.41, 5.74) is 2.09. The van der Waals surface area contributed by atoms with Gasteiger partial charge in [0.2, 0.25) is 0 Å². The van der Waals surface area contributed by atoms with Crippen LogP contribution in [0.5, 0.6) is 0 Å². The zero-order valence-electron chi connectivity index (χ0n) is 17.6. The maximum absolute atomic E-state index is 13.0. The first-order valence-corrected chi connectivity index (χ1v) is 10.3. The highest BCUT2D eigenvalue weighted by molar-refractivity contribution is 6.41. The number of anilines is 1. The van der Waals surface area contributed by atoms with Gasteiger partial charge in [0.15, 0.2) is 0 Å². The molecule has 5 rings (SSSR count). The number of nitrogens with zero attached hydrogens (tertiary/aromatic N) is 2. The van der Waals surface area contributed by atoms with Crippen molar-refractivity contribution >= 4 is 34.3 Å². The van der Waals surface area contributed by atoms with Crippen molar-refractivity contribution in [3.63, 3.8) is 0 Å². The molecule has 8 nitrogen and oxygen atoms in total. The molecule has 0 saturated heterocycles. The van der Waals surface area contributed by atoms with Crippen molar-refractivity contribution in [2.24, 2.45) is 0 Å². The van der Waals surface area contributed by atoms with Gasteiger partial charge in [-0.1, -0.05) is 24.3 Å². The molecule has 1 amide bonds. The lowest BCUT2D eigenvalue weighted by Gasteiger charge is -2.12. The molecule has 0 fully saturated rings. The van der Waals surface area contributed by atoms with E-state index in [0.29, 0.717) is 22.6 Å². The van der Waals surface area contributed by atoms with Gasteiger partial charge < -0.3 is 19.4 Å². The topological polar surface area (TPSA) is 114 Å². The summed E-state index contributed by atoms with van der Waals surface area (Å²) in [5.74, 6) is -2.78. The average Bonchev–Trinajstić information content (AvgIpc) is 3.54. The standard InChI is InChI=1S/C26H17N3O5/c30-24(26(32)33)20-8-7-17(23-13-16-5-1-2-6-22(16)34-23)12-21(20)28-25(31)18-11-19(15-27-14-18)29-9-3-4-10-29/h1-15H,(H,28,31)(H,32,33). The maximum atomic E-state index is 13.0. The molecular weight excluding hydrogens is 434 g/mol. The lowest BCUT2D eigenvalue weighted by atomic mass is 10.0. The summed E-state index contributed by atoms with van der Waals surface area (Å²) in [5, 5.41) is 12.8. The monoisotopic (exact) mass is 451 g/mol. The molecule has 2 N–H and O–H groups in total. The van der Waals surface area contributed by atoms with Gasteiger partial charge in [-0.3, -0.25) is 14.6 Å². The van der Waals surface area contributed by atoms with E-state index in [1.54, 1.807) is 22.9 Å². The van der Waals surface area contributed by atoms with Crippen LogP contribution < -0.4 is 5.32 Å². The number of Topliss-reactive ketones (excluding diaryl/α,β-unsaturated/α-hetero) is 1. The van der Waals surface area contributed by atoms with Gasteiger partial charge in [-0.2, -0.15) is 0 Å². The molecule has 0 atom stereocenters. The predicted octanol–water partition coefficient (Wildman–Crippen LogP) is 4.81. The van der Waals surface area contributed by atoms with Gasteiger partial charge in [0.1, 0.15) is 11.3 Å². The molecule has 0 aliphatic carbocycles. The van der Waals surface area contributed by atoms with E-state index < -0.39 is 17.7 Å². The second-order valence-corrected chi connectivity index (χ2v) is 7.52. The van der Waals surface area contributed by atoms with Gasteiger partial charge in [-0.05, 0) is 42.5 Å². The highest BCUT2D eigenvalue weighted by atomic mass is 16.4. The summed E-state index contributed by atoms with van der Waals surface area (Å²) in [6, 6.07) is 19.1. The van der Waals surface area contributed by atoms with Crippen LogP contribution >= 0.6 is 0 Å². The Labute approximate surface area is 193 Å².